The van der Waals surface area contributed by atoms with Crippen molar-refractivity contribution in [3.05, 3.63) is 28.8 Å². The third-order valence-electron chi connectivity index (χ3n) is 3.80. The van der Waals surface area contributed by atoms with Crippen LogP contribution in [0.4, 0.5) is 0 Å². The van der Waals surface area contributed by atoms with Crippen molar-refractivity contribution in [2.75, 3.05) is 0 Å². The number of rotatable bonds is 1. The summed E-state index contributed by atoms with van der Waals surface area (Å²) in [6.45, 7) is 0. The van der Waals surface area contributed by atoms with Crippen LogP contribution in [-0.2, 0) is 0 Å². The minimum absolute atomic E-state index is 0.603. The van der Waals surface area contributed by atoms with E-state index in [9.17, 15) is 0 Å². The van der Waals surface area contributed by atoms with Gasteiger partial charge in [-0.15, -0.1) is 11.3 Å². The molecule has 0 saturated heterocycles. The van der Waals surface area contributed by atoms with Crippen molar-refractivity contribution < 1.29 is 0 Å². The fraction of sp³-hybridized carbons (Fsp3) is 0.417. The molecule has 0 spiro atoms. The molecule has 2 aliphatic rings. The summed E-state index contributed by atoms with van der Waals surface area (Å²) >= 11 is 1.91. The summed E-state index contributed by atoms with van der Waals surface area (Å²) in [5.41, 5.74) is 2.75. The molecule has 1 aliphatic heterocycles. The maximum atomic E-state index is 4.28. The molecule has 2 nitrogen and oxygen atoms in total. The summed E-state index contributed by atoms with van der Waals surface area (Å²) in [7, 11) is 0. The first kappa shape index (κ1) is 8.11. The molecule has 0 aromatic carbocycles. The minimum Gasteiger partial charge on any atom is -0.322 e. The van der Waals surface area contributed by atoms with Crippen molar-refractivity contribution in [2.24, 2.45) is 5.92 Å². The predicted molar refractivity (Wildman–Crippen MR) is 61.0 cm³/mol. The first-order valence-electron chi connectivity index (χ1n) is 5.55. The Labute approximate surface area is 92.6 Å². The second-order valence-electron chi connectivity index (χ2n) is 4.52. The lowest BCUT2D eigenvalue weighted by atomic mass is 9.79. The van der Waals surface area contributed by atoms with Gasteiger partial charge in [0.15, 0.2) is 0 Å². The molecule has 4 rings (SSSR count). The quantitative estimate of drug-likeness (QED) is 0.715. The second-order valence-corrected chi connectivity index (χ2v) is 5.47. The van der Waals surface area contributed by atoms with Gasteiger partial charge in [-0.25, -0.2) is 4.98 Å². The first-order chi connectivity index (χ1) is 7.45. The highest BCUT2D eigenvalue weighted by atomic mass is 32.1. The molecule has 3 heterocycles. The molecule has 1 atom stereocenters. The molecule has 76 valence electrons. The van der Waals surface area contributed by atoms with E-state index < -0.39 is 0 Å². The van der Waals surface area contributed by atoms with Crippen LogP contribution in [0.25, 0.3) is 11.3 Å². The number of hydrogen-bond donors (Lipinski definition) is 0. The van der Waals surface area contributed by atoms with Crippen LogP contribution in [0.3, 0.4) is 0 Å². The predicted octanol–water partition coefficient (Wildman–Crippen LogP) is 3.31. The first-order valence-corrected chi connectivity index (χ1v) is 6.43. The molecular formula is C12H12N2S. The smallest absolute Gasteiger partial charge is 0.0957 e. The Morgan fingerprint density at radius 3 is 3.13 bits per heavy atom. The summed E-state index contributed by atoms with van der Waals surface area (Å²) in [5.74, 6) is 0.859. The van der Waals surface area contributed by atoms with Gasteiger partial charge in [0.2, 0.25) is 0 Å². The molecule has 1 saturated carbocycles. The molecule has 0 N–H and O–H groups in total. The topological polar surface area (TPSA) is 17.8 Å². The van der Waals surface area contributed by atoms with Crippen LogP contribution in [0.15, 0.2) is 24.0 Å². The zero-order valence-corrected chi connectivity index (χ0v) is 9.20. The molecule has 3 heteroatoms. The summed E-state index contributed by atoms with van der Waals surface area (Å²) < 4.78 is 2.38. The lowest BCUT2D eigenvalue weighted by molar-refractivity contribution is 0.245. The molecule has 0 bridgehead atoms. The van der Waals surface area contributed by atoms with Crippen LogP contribution in [0.5, 0.6) is 0 Å². The van der Waals surface area contributed by atoms with Crippen LogP contribution in [0.2, 0.25) is 0 Å². The van der Waals surface area contributed by atoms with Gasteiger partial charge in [-0.3, -0.25) is 0 Å². The van der Waals surface area contributed by atoms with E-state index in [1.807, 2.05) is 23.9 Å². The molecule has 0 unspecified atom stereocenters. The van der Waals surface area contributed by atoms with Gasteiger partial charge in [0, 0.05) is 10.4 Å². The summed E-state index contributed by atoms with van der Waals surface area (Å²) in [5, 5.41) is 2.22. The SMILES string of the molecule is c1cc2c(s1)[C@@H](C1CCC1)n1cncc1-2. The van der Waals surface area contributed by atoms with E-state index in [1.165, 1.54) is 30.5 Å². The van der Waals surface area contributed by atoms with Gasteiger partial charge in [0.25, 0.3) is 0 Å². The van der Waals surface area contributed by atoms with E-state index in [2.05, 4.69) is 21.0 Å². The van der Waals surface area contributed by atoms with Crippen molar-refractivity contribution in [1.29, 1.82) is 0 Å². The maximum absolute atomic E-state index is 4.28. The number of aromatic nitrogens is 2. The van der Waals surface area contributed by atoms with Gasteiger partial charge < -0.3 is 4.57 Å². The van der Waals surface area contributed by atoms with E-state index in [4.69, 9.17) is 0 Å². The van der Waals surface area contributed by atoms with Gasteiger partial charge in [-0.2, -0.15) is 0 Å². The van der Waals surface area contributed by atoms with Crippen molar-refractivity contribution in [1.82, 2.24) is 9.55 Å². The highest BCUT2D eigenvalue weighted by molar-refractivity contribution is 7.10. The van der Waals surface area contributed by atoms with Crippen molar-refractivity contribution in [2.45, 2.75) is 25.3 Å². The van der Waals surface area contributed by atoms with Crippen LogP contribution < -0.4 is 0 Å². The second kappa shape index (κ2) is 2.73. The fourth-order valence-electron chi connectivity index (χ4n) is 2.82. The molecular weight excluding hydrogens is 204 g/mol. The van der Waals surface area contributed by atoms with E-state index >= 15 is 0 Å². The van der Waals surface area contributed by atoms with Crippen molar-refractivity contribution in [3.63, 3.8) is 0 Å². The largest absolute Gasteiger partial charge is 0.322 e. The Kier molecular flexibility index (Phi) is 1.47. The zero-order valence-electron chi connectivity index (χ0n) is 8.39. The normalized spacial score (nSPS) is 23.6. The summed E-state index contributed by atoms with van der Waals surface area (Å²) in [6, 6.07) is 2.85. The number of nitrogens with zero attached hydrogens (tertiary/aromatic N) is 2. The lowest BCUT2D eigenvalue weighted by Gasteiger charge is -2.32. The maximum Gasteiger partial charge on any atom is 0.0957 e. The highest BCUT2D eigenvalue weighted by Gasteiger charge is 2.37. The van der Waals surface area contributed by atoms with Gasteiger partial charge in [-0.1, -0.05) is 6.42 Å². The summed E-state index contributed by atoms with van der Waals surface area (Å²) in [6.07, 6.45) is 8.19. The van der Waals surface area contributed by atoms with E-state index in [1.54, 1.807) is 4.88 Å². The van der Waals surface area contributed by atoms with Crippen LogP contribution in [0.1, 0.15) is 30.2 Å². The number of hydrogen-bond acceptors (Lipinski definition) is 2. The zero-order chi connectivity index (χ0) is 9.83. The molecule has 1 fully saturated rings. The van der Waals surface area contributed by atoms with Gasteiger partial charge >= 0.3 is 0 Å². The van der Waals surface area contributed by atoms with Gasteiger partial charge in [0.05, 0.1) is 24.3 Å². The Hall–Kier alpha value is -1.09. The van der Waals surface area contributed by atoms with Gasteiger partial charge in [-0.05, 0) is 30.2 Å². The van der Waals surface area contributed by atoms with Crippen molar-refractivity contribution >= 4 is 11.3 Å². The van der Waals surface area contributed by atoms with E-state index in [0.29, 0.717) is 6.04 Å². The Morgan fingerprint density at radius 2 is 2.33 bits per heavy atom. The molecule has 15 heavy (non-hydrogen) atoms. The minimum atomic E-state index is 0.603. The Balaban J connectivity index is 1.93. The molecule has 2 aromatic rings. The average molecular weight is 216 g/mol. The van der Waals surface area contributed by atoms with E-state index in [0.717, 1.165) is 5.92 Å². The molecule has 0 amide bonds. The third kappa shape index (κ3) is 0.918. The van der Waals surface area contributed by atoms with Crippen LogP contribution in [-0.4, -0.2) is 9.55 Å². The van der Waals surface area contributed by atoms with Crippen LogP contribution >= 0.6 is 11.3 Å². The number of thiophene rings is 1. The molecule has 1 aliphatic carbocycles. The highest BCUT2D eigenvalue weighted by Crippen LogP contribution is 2.50. The van der Waals surface area contributed by atoms with E-state index in [-0.39, 0.29) is 0 Å². The standard InChI is InChI=1S/C12H12N2S/c1-2-8(3-1)11-12-9(4-5-15-12)10-6-13-7-14(10)11/h4-8,11H,1-3H2/t11-/m1/s1. The Bertz CT molecular complexity index is 467. The molecule has 2 aromatic heterocycles. The fourth-order valence-corrected chi connectivity index (χ4v) is 3.92. The third-order valence-corrected chi connectivity index (χ3v) is 4.79. The monoisotopic (exact) mass is 216 g/mol. The van der Waals surface area contributed by atoms with Gasteiger partial charge in [0.1, 0.15) is 0 Å². The average Bonchev–Trinajstić information content (AvgIpc) is 2.79. The number of imidazole rings is 1. The Morgan fingerprint density at radius 1 is 1.40 bits per heavy atom. The lowest BCUT2D eigenvalue weighted by Crippen LogP contribution is -2.23. The molecule has 0 radical (unpaired) electrons. The van der Waals surface area contributed by atoms with Crippen molar-refractivity contribution in [3.8, 4) is 11.3 Å². The summed E-state index contributed by atoms with van der Waals surface area (Å²) in [4.78, 5) is 5.85. The number of fused-ring (bicyclic) bond motifs is 3. The van der Waals surface area contributed by atoms with Crippen LogP contribution in [0, 0.1) is 5.92 Å².